The van der Waals surface area contributed by atoms with Crippen LogP contribution in [0.3, 0.4) is 0 Å². The molecule has 3 N–H and O–H groups in total. The lowest BCUT2D eigenvalue weighted by Crippen LogP contribution is -2.38. The van der Waals surface area contributed by atoms with Crippen molar-refractivity contribution in [2.45, 2.75) is 51.0 Å². The van der Waals surface area contributed by atoms with Gasteiger partial charge in [0.25, 0.3) is 11.8 Å². The number of carbonyl (C=O) groups is 3. The summed E-state index contributed by atoms with van der Waals surface area (Å²) in [6.45, 7) is -0.251. The van der Waals surface area contributed by atoms with Crippen LogP contribution in [0.15, 0.2) is 18.2 Å². The van der Waals surface area contributed by atoms with Gasteiger partial charge in [-0.05, 0) is 31.0 Å². The molecule has 0 bridgehead atoms. The van der Waals surface area contributed by atoms with Gasteiger partial charge in [-0.1, -0.05) is 12.8 Å². The molecule has 170 valence electrons. The van der Waals surface area contributed by atoms with E-state index in [1.807, 2.05) is 0 Å². The molecule has 1 aromatic carbocycles. The van der Waals surface area contributed by atoms with Crippen LogP contribution in [0.25, 0.3) is 0 Å². The molecule has 0 radical (unpaired) electrons. The van der Waals surface area contributed by atoms with Crippen LogP contribution < -0.4 is 16.0 Å². The molecule has 3 amide bonds. The van der Waals surface area contributed by atoms with Crippen LogP contribution in [-0.2, 0) is 24.1 Å². The molecule has 1 saturated carbocycles. The van der Waals surface area contributed by atoms with Crippen molar-refractivity contribution in [2.75, 3.05) is 5.32 Å². The summed E-state index contributed by atoms with van der Waals surface area (Å²) in [5.41, 5.74) is -1.56. The van der Waals surface area contributed by atoms with Crippen LogP contribution in [0.1, 0.15) is 57.9 Å². The number of hydrogen-bond acceptors (Lipinski definition) is 4. The Morgan fingerprint density at radius 2 is 1.84 bits per heavy atom. The van der Waals surface area contributed by atoms with E-state index in [0.29, 0.717) is 17.8 Å². The highest BCUT2D eigenvalue weighted by molar-refractivity contribution is 6.05. The van der Waals surface area contributed by atoms with Gasteiger partial charge in [0.05, 0.1) is 17.8 Å². The summed E-state index contributed by atoms with van der Waals surface area (Å²) < 4.78 is 53.9. The zero-order valence-corrected chi connectivity index (χ0v) is 16.7. The fourth-order valence-corrected chi connectivity index (χ4v) is 3.88. The summed E-state index contributed by atoms with van der Waals surface area (Å²) in [6.07, 6.45) is -1.21. The fourth-order valence-electron chi connectivity index (χ4n) is 3.88. The van der Waals surface area contributed by atoms with Gasteiger partial charge in [0.2, 0.25) is 11.7 Å². The average molecular weight is 453 g/mol. The number of aromatic nitrogens is 2. The van der Waals surface area contributed by atoms with Crippen LogP contribution in [0.2, 0.25) is 0 Å². The lowest BCUT2D eigenvalue weighted by molar-refractivity contribution is -0.137. The molecule has 2 aliphatic rings. The van der Waals surface area contributed by atoms with E-state index in [9.17, 15) is 31.9 Å². The number of anilines is 1. The Morgan fingerprint density at radius 3 is 2.53 bits per heavy atom. The summed E-state index contributed by atoms with van der Waals surface area (Å²) in [5.74, 6) is -3.31. The molecule has 1 fully saturated rings. The summed E-state index contributed by atoms with van der Waals surface area (Å²) in [7, 11) is 0. The first-order valence-corrected chi connectivity index (χ1v) is 9.98. The number of nitrogens with zero attached hydrogens (tertiary/aromatic N) is 2. The van der Waals surface area contributed by atoms with Crippen molar-refractivity contribution >= 4 is 23.5 Å². The number of carbonyl (C=O) groups excluding carboxylic acids is 3. The predicted molar refractivity (Wildman–Crippen MR) is 103 cm³/mol. The van der Waals surface area contributed by atoms with Crippen LogP contribution in [0.5, 0.6) is 0 Å². The summed E-state index contributed by atoms with van der Waals surface area (Å²) in [5, 5.41) is 7.75. The Hall–Kier alpha value is -3.44. The van der Waals surface area contributed by atoms with Crippen molar-refractivity contribution in [3.05, 3.63) is 46.7 Å². The van der Waals surface area contributed by atoms with Crippen LogP contribution in [0.4, 0.5) is 23.4 Å². The SMILES string of the molecule is O=C1Cn2c(C(=O)NC3CCCC3)nc(NC(=O)c3cc(F)cc(C(F)(F)F)c3)c2CN1. The minimum atomic E-state index is -4.83. The first kappa shape index (κ1) is 21.8. The first-order valence-electron chi connectivity index (χ1n) is 9.98. The van der Waals surface area contributed by atoms with Gasteiger partial charge in [0.15, 0.2) is 5.82 Å². The average Bonchev–Trinajstić information content (AvgIpc) is 3.34. The van der Waals surface area contributed by atoms with E-state index in [1.165, 1.54) is 4.57 Å². The molecule has 8 nitrogen and oxygen atoms in total. The zero-order chi connectivity index (χ0) is 23.0. The van der Waals surface area contributed by atoms with E-state index in [-0.39, 0.29) is 42.7 Å². The molecule has 1 aliphatic heterocycles. The standard InChI is InChI=1S/C20H19F4N5O3/c21-12-6-10(5-11(7-12)20(22,23)24)18(31)28-16-14-8-25-15(30)9-29(14)17(27-16)19(32)26-13-3-1-2-4-13/h5-7,13H,1-4,8-9H2,(H,25,30)(H,26,32)(H,28,31). The Morgan fingerprint density at radius 1 is 1.12 bits per heavy atom. The van der Waals surface area contributed by atoms with Gasteiger partial charge in [0, 0.05) is 11.6 Å². The number of benzene rings is 1. The maximum Gasteiger partial charge on any atom is 0.416 e. The molecular formula is C20H19F4N5O3. The van der Waals surface area contributed by atoms with Crippen molar-refractivity contribution in [1.82, 2.24) is 20.2 Å². The molecule has 1 aliphatic carbocycles. The number of fused-ring (bicyclic) bond motifs is 1. The van der Waals surface area contributed by atoms with Crippen LogP contribution >= 0.6 is 0 Å². The van der Waals surface area contributed by atoms with E-state index in [0.717, 1.165) is 25.7 Å². The molecule has 2 heterocycles. The minimum Gasteiger partial charge on any atom is -0.349 e. The maximum absolute atomic E-state index is 13.7. The summed E-state index contributed by atoms with van der Waals surface area (Å²) in [4.78, 5) is 41.3. The highest BCUT2D eigenvalue weighted by Gasteiger charge is 2.33. The van der Waals surface area contributed by atoms with Gasteiger partial charge in [0.1, 0.15) is 12.4 Å². The van der Waals surface area contributed by atoms with E-state index >= 15 is 0 Å². The number of alkyl halides is 3. The Labute approximate surface area is 179 Å². The predicted octanol–water partition coefficient (Wildman–Crippen LogP) is 2.60. The van der Waals surface area contributed by atoms with Gasteiger partial charge in [-0.25, -0.2) is 9.37 Å². The molecule has 0 atom stereocenters. The third-order valence-electron chi connectivity index (χ3n) is 5.44. The van der Waals surface area contributed by atoms with E-state index in [2.05, 4.69) is 20.9 Å². The molecule has 0 spiro atoms. The monoisotopic (exact) mass is 453 g/mol. The molecule has 4 rings (SSSR count). The second-order valence-electron chi connectivity index (χ2n) is 7.73. The van der Waals surface area contributed by atoms with Crippen molar-refractivity contribution in [2.24, 2.45) is 0 Å². The summed E-state index contributed by atoms with van der Waals surface area (Å²) >= 11 is 0. The third-order valence-corrected chi connectivity index (χ3v) is 5.44. The first-order chi connectivity index (χ1) is 15.1. The topological polar surface area (TPSA) is 105 Å². The van der Waals surface area contributed by atoms with Gasteiger partial charge in [-0.2, -0.15) is 13.2 Å². The largest absolute Gasteiger partial charge is 0.416 e. The molecule has 0 saturated heterocycles. The third kappa shape index (κ3) is 4.43. The lowest BCUT2D eigenvalue weighted by atomic mass is 10.1. The van der Waals surface area contributed by atoms with Crippen molar-refractivity contribution < 1.29 is 31.9 Å². The highest BCUT2D eigenvalue weighted by Crippen LogP contribution is 2.31. The molecule has 0 unspecified atom stereocenters. The molecule has 1 aromatic heterocycles. The quantitative estimate of drug-likeness (QED) is 0.619. The molecule has 32 heavy (non-hydrogen) atoms. The molecule has 2 aromatic rings. The molecule has 12 heteroatoms. The van der Waals surface area contributed by atoms with Crippen LogP contribution in [-0.4, -0.2) is 33.3 Å². The van der Waals surface area contributed by atoms with E-state index in [1.54, 1.807) is 0 Å². The number of halogens is 4. The number of nitrogens with one attached hydrogen (secondary N) is 3. The number of imidazole rings is 1. The summed E-state index contributed by atoms with van der Waals surface area (Å²) in [6, 6.07) is 1.47. The van der Waals surface area contributed by atoms with Crippen molar-refractivity contribution in [3.8, 4) is 0 Å². The Balaban J connectivity index is 1.62. The van der Waals surface area contributed by atoms with Gasteiger partial charge < -0.3 is 20.5 Å². The second kappa shape index (κ2) is 8.24. The normalized spacial score (nSPS) is 16.4. The number of rotatable bonds is 4. The minimum absolute atomic E-state index is 0.0148. The number of amides is 3. The van der Waals surface area contributed by atoms with Crippen LogP contribution in [0, 0.1) is 5.82 Å². The number of hydrogen-bond donors (Lipinski definition) is 3. The van der Waals surface area contributed by atoms with Gasteiger partial charge >= 0.3 is 6.18 Å². The highest BCUT2D eigenvalue weighted by atomic mass is 19.4. The maximum atomic E-state index is 13.7. The van der Waals surface area contributed by atoms with E-state index < -0.39 is 34.9 Å². The Kier molecular flexibility index (Phi) is 5.61. The van der Waals surface area contributed by atoms with E-state index in [4.69, 9.17) is 0 Å². The Bertz CT molecular complexity index is 1090. The van der Waals surface area contributed by atoms with Crippen molar-refractivity contribution in [1.29, 1.82) is 0 Å². The van der Waals surface area contributed by atoms with Gasteiger partial charge in [-0.3, -0.25) is 14.4 Å². The second-order valence-corrected chi connectivity index (χ2v) is 7.73. The van der Waals surface area contributed by atoms with Crippen molar-refractivity contribution in [3.63, 3.8) is 0 Å². The van der Waals surface area contributed by atoms with Gasteiger partial charge in [-0.15, -0.1) is 0 Å². The lowest BCUT2D eigenvalue weighted by Gasteiger charge is -2.18. The smallest absolute Gasteiger partial charge is 0.349 e. The zero-order valence-electron chi connectivity index (χ0n) is 16.7. The molecular weight excluding hydrogens is 434 g/mol. The fraction of sp³-hybridized carbons (Fsp3) is 0.400.